The molecule has 0 saturated carbocycles. The smallest absolute Gasteiger partial charge is 0.242 e. The molecule has 2 fully saturated rings. The number of nitrogens with zero attached hydrogens (tertiary/aromatic N) is 3. The highest BCUT2D eigenvalue weighted by atomic mass is 16.5. The van der Waals surface area contributed by atoms with Crippen LogP contribution in [0.1, 0.15) is 28.2 Å². The van der Waals surface area contributed by atoms with E-state index < -0.39 is 0 Å². The quantitative estimate of drug-likeness (QED) is 0.565. The molecule has 7 nitrogen and oxygen atoms in total. The first-order valence-corrected chi connectivity index (χ1v) is 11.9. The van der Waals surface area contributed by atoms with Gasteiger partial charge in [-0.15, -0.1) is 0 Å². The second-order valence-electron chi connectivity index (χ2n) is 9.06. The van der Waals surface area contributed by atoms with Crippen LogP contribution in [0.15, 0.2) is 73.1 Å². The Labute approximate surface area is 210 Å². The van der Waals surface area contributed by atoms with E-state index in [0.717, 1.165) is 28.0 Å². The summed E-state index contributed by atoms with van der Waals surface area (Å²) in [7, 11) is 1.63. The molecule has 2 saturated heterocycles. The van der Waals surface area contributed by atoms with Crippen LogP contribution in [0.25, 0.3) is 0 Å². The summed E-state index contributed by atoms with van der Waals surface area (Å²) in [5.74, 6) is 6.82. The Kier molecular flexibility index (Phi) is 6.70. The van der Waals surface area contributed by atoms with Gasteiger partial charge in [0.2, 0.25) is 11.8 Å². The van der Waals surface area contributed by atoms with Crippen LogP contribution in [0, 0.1) is 11.8 Å². The average Bonchev–Trinajstić information content (AvgIpc) is 2.90. The van der Waals surface area contributed by atoms with Crippen molar-refractivity contribution < 1.29 is 19.4 Å². The lowest BCUT2D eigenvalue weighted by atomic mass is 9.73. The summed E-state index contributed by atoms with van der Waals surface area (Å²) >= 11 is 0. The van der Waals surface area contributed by atoms with Crippen molar-refractivity contribution in [2.75, 3.05) is 26.8 Å². The maximum absolute atomic E-state index is 12.9. The second-order valence-corrected chi connectivity index (χ2v) is 9.06. The molecule has 2 aromatic carbocycles. The van der Waals surface area contributed by atoms with Gasteiger partial charge in [-0.25, -0.2) is 0 Å². The van der Waals surface area contributed by atoms with Gasteiger partial charge >= 0.3 is 0 Å². The monoisotopic (exact) mass is 481 g/mol. The predicted octanol–water partition coefficient (Wildman–Crippen LogP) is 2.23. The van der Waals surface area contributed by atoms with Gasteiger partial charge in [0, 0.05) is 36.0 Å². The summed E-state index contributed by atoms with van der Waals surface area (Å²) in [6.45, 7) is 0.370. The number of carbonyl (C=O) groups is 2. The van der Waals surface area contributed by atoms with Crippen molar-refractivity contribution in [3.63, 3.8) is 0 Å². The molecule has 1 N–H and O–H groups in total. The molecular weight excluding hydrogens is 454 g/mol. The standard InChI is InChI=1S/C29H27N3O4/c1-36-24-6-2-4-21(14-24)8-7-20-9-11-23(12-10-20)29-25-17-31(18-28(35)32(25)26(29)19-33)27(34)15-22-5-3-13-30-16-22/h2-6,9-14,16,25-26,29,33H,15,17-19H2,1H3/t25-,26-,29-/m1/s1. The maximum Gasteiger partial charge on any atom is 0.242 e. The van der Waals surface area contributed by atoms with Crippen LogP contribution in [-0.4, -0.2) is 70.6 Å². The number of pyridine rings is 1. The van der Waals surface area contributed by atoms with E-state index in [9.17, 15) is 14.7 Å². The van der Waals surface area contributed by atoms with Crippen molar-refractivity contribution in [2.24, 2.45) is 0 Å². The minimum Gasteiger partial charge on any atom is -0.497 e. The fourth-order valence-corrected chi connectivity index (χ4v) is 5.11. The maximum atomic E-state index is 12.9. The van der Waals surface area contributed by atoms with E-state index in [4.69, 9.17) is 4.74 Å². The number of ether oxygens (including phenoxy) is 1. The van der Waals surface area contributed by atoms with Crippen LogP contribution in [-0.2, 0) is 16.0 Å². The minimum atomic E-state index is -0.285. The van der Waals surface area contributed by atoms with Crippen LogP contribution in [0.2, 0.25) is 0 Å². The van der Waals surface area contributed by atoms with Gasteiger partial charge in [-0.05, 0) is 47.5 Å². The van der Waals surface area contributed by atoms with Crippen LogP contribution < -0.4 is 4.74 Å². The summed E-state index contributed by atoms with van der Waals surface area (Å²) < 4.78 is 5.25. The lowest BCUT2D eigenvalue weighted by molar-refractivity contribution is -0.166. The van der Waals surface area contributed by atoms with E-state index in [1.165, 1.54) is 0 Å². The third-order valence-corrected chi connectivity index (χ3v) is 6.90. The SMILES string of the molecule is COc1cccc(C#Cc2ccc([C@H]3[C@@H](CO)N4C(=O)CN(C(=O)Cc5cccnc5)C[C@H]34)cc2)c1. The Morgan fingerprint density at radius 1 is 1.11 bits per heavy atom. The highest BCUT2D eigenvalue weighted by Crippen LogP contribution is 2.43. The molecule has 2 amide bonds. The van der Waals surface area contributed by atoms with E-state index in [-0.39, 0.29) is 49.4 Å². The van der Waals surface area contributed by atoms with Crippen LogP contribution in [0.4, 0.5) is 0 Å². The van der Waals surface area contributed by atoms with E-state index in [0.29, 0.717) is 6.54 Å². The van der Waals surface area contributed by atoms with Gasteiger partial charge in [0.15, 0.2) is 0 Å². The Morgan fingerprint density at radius 3 is 2.64 bits per heavy atom. The Bertz CT molecular complexity index is 1310. The van der Waals surface area contributed by atoms with Crippen molar-refractivity contribution in [1.29, 1.82) is 0 Å². The first-order chi connectivity index (χ1) is 17.6. The van der Waals surface area contributed by atoms with Gasteiger partial charge in [0.25, 0.3) is 0 Å². The predicted molar refractivity (Wildman–Crippen MR) is 134 cm³/mol. The highest BCUT2D eigenvalue weighted by Gasteiger charge is 2.54. The molecule has 0 unspecified atom stereocenters. The number of carbonyl (C=O) groups excluding carboxylic acids is 2. The van der Waals surface area contributed by atoms with Gasteiger partial charge < -0.3 is 19.6 Å². The van der Waals surface area contributed by atoms with E-state index in [1.807, 2.05) is 54.6 Å². The van der Waals surface area contributed by atoms with Crippen molar-refractivity contribution in [3.8, 4) is 17.6 Å². The molecule has 0 spiro atoms. The molecule has 1 aromatic heterocycles. The molecule has 2 aliphatic heterocycles. The van der Waals surface area contributed by atoms with Crippen LogP contribution in [0.5, 0.6) is 5.75 Å². The molecule has 36 heavy (non-hydrogen) atoms. The molecule has 7 heteroatoms. The summed E-state index contributed by atoms with van der Waals surface area (Å²) in [6, 6.07) is 18.7. The van der Waals surface area contributed by atoms with Gasteiger partial charge in [0.1, 0.15) is 5.75 Å². The number of aromatic nitrogens is 1. The van der Waals surface area contributed by atoms with Crippen molar-refractivity contribution in [2.45, 2.75) is 24.4 Å². The molecule has 2 aliphatic rings. The molecule has 3 heterocycles. The Morgan fingerprint density at radius 2 is 1.92 bits per heavy atom. The van der Waals surface area contributed by atoms with Crippen LogP contribution in [0.3, 0.4) is 0 Å². The number of benzene rings is 2. The van der Waals surface area contributed by atoms with E-state index in [2.05, 4.69) is 16.8 Å². The second kappa shape index (κ2) is 10.2. The van der Waals surface area contributed by atoms with Gasteiger partial charge in [-0.3, -0.25) is 14.6 Å². The number of hydrogen-bond donors (Lipinski definition) is 1. The molecule has 5 rings (SSSR count). The van der Waals surface area contributed by atoms with Gasteiger partial charge in [-0.2, -0.15) is 0 Å². The average molecular weight is 482 g/mol. The summed E-state index contributed by atoms with van der Waals surface area (Å²) in [5.41, 5.74) is 3.58. The summed E-state index contributed by atoms with van der Waals surface area (Å²) in [4.78, 5) is 33.2. The first-order valence-electron chi connectivity index (χ1n) is 11.9. The normalized spacial score (nSPS) is 20.6. The fraction of sp³-hybridized carbons (Fsp3) is 0.276. The van der Waals surface area contributed by atoms with E-state index in [1.54, 1.807) is 35.4 Å². The van der Waals surface area contributed by atoms with Gasteiger partial charge in [-0.1, -0.05) is 36.1 Å². The van der Waals surface area contributed by atoms with Crippen molar-refractivity contribution in [1.82, 2.24) is 14.8 Å². The Hall–Kier alpha value is -4.15. The zero-order valence-corrected chi connectivity index (χ0v) is 20.0. The van der Waals surface area contributed by atoms with Crippen LogP contribution >= 0.6 is 0 Å². The Balaban J connectivity index is 1.30. The molecule has 3 aromatic rings. The lowest BCUT2D eigenvalue weighted by Gasteiger charge is -2.58. The molecule has 0 aliphatic carbocycles. The number of aliphatic hydroxyl groups is 1. The molecule has 0 radical (unpaired) electrons. The molecule has 3 atom stereocenters. The molecule has 182 valence electrons. The van der Waals surface area contributed by atoms with Crippen molar-refractivity contribution in [3.05, 3.63) is 95.3 Å². The zero-order valence-electron chi connectivity index (χ0n) is 20.0. The lowest BCUT2D eigenvalue weighted by Crippen LogP contribution is -2.73. The van der Waals surface area contributed by atoms with E-state index >= 15 is 0 Å². The molecular formula is C29H27N3O4. The summed E-state index contributed by atoms with van der Waals surface area (Å²) in [5, 5.41) is 10.0. The number of amides is 2. The largest absolute Gasteiger partial charge is 0.497 e. The highest BCUT2D eigenvalue weighted by molar-refractivity contribution is 5.88. The fourth-order valence-electron chi connectivity index (χ4n) is 5.11. The number of hydrogen-bond acceptors (Lipinski definition) is 5. The number of fused-ring (bicyclic) bond motifs is 1. The minimum absolute atomic E-state index is 0.0393. The number of rotatable bonds is 5. The zero-order chi connectivity index (χ0) is 25.1. The van der Waals surface area contributed by atoms with Crippen molar-refractivity contribution >= 4 is 11.8 Å². The molecule has 0 bridgehead atoms. The number of piperazine rings is 1. The summed E-state index contributed by atoms with van der Waals surface area (Å²) in [6.07, 6.45) is 3.55. The number of aliphatic hydroxyl groups excluding tert-OH is 1. The topological polar surface area (TPSA) is 83.0 Å². The number of methoxy groups -OCH3 is 1. The van der Waals surface area contributed by atoms with Gasteiger partial charge in [0.05, 0.1) is 38.8 Å². The third-order valence-electron chi connectivity index (χ3n) is 6.90. The first kappa shape index (κ1) is 23.6. The third kappa shape index (κ3) is 4.68.